The van der Waals surface area contributed by atoms with Crippen LogP contribution in [0.1, 0.15) is 24.2 Å². The summed E-state index contributed by atoms with van der Waals surface area (Å²) in [6.07, 6.45) is 3.65. The molecule has 1 aromatic carbocycles. The third-order valence-electron chi connectivity index (χ3n) is 5.10. The summed E-state index contributed by atoms with van der Waals surface area (Å²) in [6, 6.07) is 9.86. The van der Waals surface area contributed by atoms with Crippen LogP contribution in [0, 0.1) is 0 Å². The third kappa shape index (κ3) is 3.15. The fourth-order valence-corrected chi connectivity index (χ4v) is 3.74. The van der Waals surface area contributed by atoms with Gasteiger partial charge >= 0.3 is 0 Å². The van der Waals surface area contributed by atoms with E-state index in [-0.39, 0.29) is 6.61 Å². The SMILES string of the molecule is Cn1cnnc1CC1(O)CCCN(c2nc3ccccc3cc2CO)C1. The Hall–Kier alpha value is -2.51. The van der Waals surface area contributed by atoms with Gasteiger partial charge in [-0.2, -0.15) is 0 Å². The highest BCUT2D eigenvalue weighted by Crippen LogP contribution is 2.31. The summed E-state index contributed by atoms with van der Waals surface area (Å²) in [5.41, 5.74) is 0.785. The minimum atomic E-state index is -0.890. The van der Waals surface area contributed by atoms with Crippen molar-refractivity contribution in [3.8, 4) is 0 Å². The standard InChI is InChI=1S/C19H23N5O2/c1-23-13-20-22-17(23)10-19(26)7-4-8-24(12-19)18-15(11-25)9-14-5-2-3-6-16(14)21-18/h2-3,5-6,9,13,25-26H,4,7-8,10-12H2,1H3. The second-order valence-electron chi connectivity index (χ2n) is 7.11. The van der Waals surface area contributed by atoms with Gasteiger partial charge in [0.15, 0.2) is 0 Å². The lowest BCUT2D eigenvalue weighted by Crippen LogP contribution is -2.50. The number of β-amino-alcohol motifs (C(OH)–C–C–N with tert-alkyl or cyclic N) is 1. The Labute approximate surface area is 151 Å². The molecule has 7 heteroatoms. The Morgan fingerprint density at radius 3 is 2.88 bits per heavy atom. The molecule has 1 atom stereocenters. The van der Waals surface area contributed by atoms with Crippen molar-refractivity contribution >= 4 is 16.7 Å². The average Bonchev–Trinajstić information content (AvgIpc) is 3.04. The Morgan fingerprint density at radius 2 is 2.12 bits per heavy atom. The molecule has 136 valence electrons. The van der Waals surface area contributed by atoms with Crippen molar-refractivity contribution in [2.24, 2.45) is 7.05 Å². The molecular formula is C19H23N5O2. The number of aliphatic hydroxyl groups excluding tert-OH is 1. The second kappa shape index (κ2) is 6.66. The van der Waals surface area contributed by atoms with E-state index in [9.17, 15) is 10.2 Å². The van der Waals surface area contributed by atoms with E-state index in [4.69, 9.17) is 4.98 Å². The number of hydrogen-bond acceptors (Lipinski definition) is 6. The van der Waals surface area contributed by atoms with Crippen LogP contribution >= 0.6 is 0 Å². The topological polar surface area (TPSA) is 87.3 Å². The summed E-state index contributed by atoms with van der Waals surface area (Å²) in [5.74, 6) is 1.52. The average molecular weight is 353 g/mol. The minimum absolute atomic E-state index is 0.0780. The van der Waals surface area contributed by atoms with Gasteiger partial charge in [0.1, 0.15) is 18.0 Å². The molecule has 1 saturated heterocycles. The van der Waals surface area contributed by atoms with Gasteiger partial charge in [0, 0.05) is 37.5 Å². The zero-order valence-electron chi connectivity index (χ0n) is 14.8. The molecule has 0 bridgehead atoms. The van der Waals surface area contributed by atoms with Crippen molar-refractivity contribution in [1.82, 2.24) is 19.7 Å². The minimum Gasteiger partial charge on any atom is -0.392 e. The number of nitrogens with zero attached hydrogens (tertiary/aromatic N) is 5. The normalized spacial score (nSPS) is 20.7. The molecule has 3 aromatic rings. The maximum atomic E-state index is 11.2. The molecule has 1 aliphatic rings. The van der Waals surface area contributed by atoms with Crippen LogP contribution in [0.25, 0.3) is 10.9 Å². The molecule has 0 spiro atoms. The molecule has 1 fully saturated rings. The molecule has 26 heavy (non-hydrogen) atoms. The monoisotopic (exact) mass is 353 g/mol. The van der Waals surface area contributed by atoms with Crippen molar-refractivity contribution in [3.63, 3.8) is 0 Å². The molecule has 2 aromatic heterocycles. The summed E-state index contributed by atoms with van der Waals surface area (Å²) in [5, 5.41) is 30.0. The van der Waals surface area contributed by atoms with Crippen LogP contribution in [0.3, 0.4) is 0 Å². The van der Waals surface area contributed by atoms with Gasteiger partial charge in [-0.05, 0) is 25.0 Å². The molecule has 1 aliphatic heterocycles. The van der Waals surface area contributed by atoms with E-state index in [1.165, 1.54) is 0 Å². The molecule has 0 aliphatic carbocycles. The van der Waals surface area contributed by atoms with E-state index in [1.807, 2.05) is 41.9 Å². The van der Waals surface area contributed by atoms with Crippen molar-refractivity contribution in [3.05, 3.63) is 48.0 Å². The Kier molecular flexibility index (Phi) is 4.34. The number of rotatable bonds is 4. The molecule has 7 nitrogen and oxygen atoms in total. The number of para-hydroxylation sites is 1. The highest BCUT2D eigenvalue weighted by Gasteiger charge is 2.36. The number of aromatic nitrogens is 4. The first-order chi connectivity index (χ1) is 12.6. The number of anilines is 1. The van der Waals surface area contributed by atoms with Crippen LogP contribution in [0.4, 0.5) is 5.82 Å². The third-order valence-corrected chi connectivity index (χ3v) is 5.10. The van der Waals surface area contributed by atoms with Gasteiger partial charge in [0.05, 0.1) is 17.7 Å². The summed E-state index contributed by atoms with van der Waals surface area (Å²) in [7, 11) is 1.88. The zero-order valence-corrected chi connectivity index (χ0v) is 14.8. The van der Waals surface area contributed by atoms with Crippen LogP contribution in [0.5, 0.6) is 0 Å². The fourth-order valence-electron chi connectivity index (χ4n) is 3.74. The molecule has 1 unspecified atom stereocenters. The summed E-state index contributed by atoms with van der Waals surface area (Å²) in [6.45, 7) is 1.18. The van der Waals surface area contributed by atoms with Gasteiger partial charge < -0.3 is 19.7 Å². The number of hydrogen-bond donors (Lipinski definition) is 2. The van der Waals surface area contributed by atoms with Gasteiger partial charge in [-0.15, -0.1) is 10.2 Å². The van der Waals surface area contributed by atoms with Gasteiger partial charge in [-0.1, -0.05) is 18.2 Å². The van der Waals surface area contributed by atoms with Crippen LogP contribution in [-0.4, -0.2) is 48.7 Å². The molecule has 0 radical (unpaired) electrons. The lowest BCUT2D eigenvalue weighted by molar-refractivity contribution is 0.0235. The Morgan fingerprint density at radius 1 is 1.27 bits per heavy atom. The Bertz CT molecular complexity index is 925. The predicted octanol–water partition coefficient (Wildman–Crippen LogP) is 1.43. The first kappa shape index (κ1) is 16.9. The number of aliphatic hydroxyl groups is 2. The van der Waals surface area contributed by atoms with Crippen LogP contribution < -0.4 is 4.90 Å². The maximum absolute atomic E-state index is 11.2. The second-order valence-corrected chi connectivity index (χ2v) is 7.11. The van der Waals surface area contributed by atoms with E-state index in [0.717, 1.165) is 41.1 Å². The van der Waals surface area contributed by atoms with E-state index in [1.54, 1.807) is 6.33 Å². The van der Waals surface area contributed by atoms with Gasteiger partial charge in [0.2, 0.25) is 0 Å². The van der Waals surface area contributed by atoms with Crippen LogP contribution in [-0.2, 0) is 20.1 Å². The Balaban J connectivity index is 1.65. The summed E-state index contributed by atoms with van der Waals surface area (Å²) < 4.78 is 1.84. The van der Waals surface area contributed by atoms with Crippen molar-refractivity contribution in [2.75, 3.05) is 18.0 Å². The molecule has 0 saturated carbocycles. The van der Waals surface area contributed by atoms with Gasteiger partial charge in [-0.3, -0.25) is 0 Å². The number of aryl methyl sites for hydroxylation is 1. The highest BCUT2D eigenvalue weighted by atomic mass is 16.3. The summed E-state index contributed by atoms with van der Waals surface area (Å²) >= 11 is 0. The van der Waals surface area contributed by atoms with Crippen molar-refractivity contribution in [2.45, 2.75) is 31.5 Å². The quantitative estimate of drug-likeness (QED) is 0.738. The van der Waals surface area contributed by atoms with E-state index in [0.29, 0.717) is 19.4 Å². The molecule has 2 N–H and O–H groups in total. The lowest BCUT2D eigenvalue weighted by atomic mass is 9.89. The van der Waals surface area contributed by atoms with Crippen LogP contribution in [0.15, 0.2) is 36.7 Å². The predicted molar refractivity (Wildman–Crippen MR) is 98.8 cm³/mol. The lowest BCUT2D eigenvalue weighted by Gasteiger charge is -2.40. The van der Waals surface area contributed by atoms with Crippen molar-refractivity contribution < 1.29 is 10.2 Å². The van der Waals surface area contributed by atoms with Crippen molar-refractivity contribution in [1.29, 1.82) is 0 Å². The smallest absolute Gasteiger partial charge is 0.135 e. The van der Waals surface area contributed by atoms with E-state index < -0.39 is 5.60 Å². The molecule has 0 amide bonds. The number of piperidine rings is 1. The maximum Gasteiger partial charge on any atom is 0.135 e. The molecule has 3 heterocycles. The first-order valence-corrected chi connectivity index (χ1v) is 8.88. The molecular weight excluding hydrogens is 330 g/mol. The largest absolute Gasteiger partial charge is 0.392 e. The first-order valence-electron chi connectivity index (χ1n) is 8.88. The number of benzene rings is 1. The molecule has 4 rings (SSSR count). The van der Waals surface area contributed by atoms with E-state index >= 15 is 0 Å². The van der Waals surface area contributed by atoms with Crippen LogP contribution in [0.2, 0.25) is 0 Å². The van der Waals surface area contributed by atoms with E-state index in [2.05, 4.69) is 15.1 Å². The number of fused-ring (bicyclic) bond motifs is 1. The zero-order chi connectivity index (χ0) is 18.1. The fraction of sp³-hybridized carbons (Fsp3) is 0.421. The van der Waals surface area contributed by atoms with Gasteiger partial charge in [-0.25, -0.2) is 4.98 Å². The number of pyridine rings is 1. The highest BCUT2D eigenvalue weighted by molar-refractivity contribution is 5.81. The summed E-state index contributed by atoms with van der Waals surface area (Å²) in [4.78, 5) is 6.85. The van der Waals surface area contributed by atoms with Gasteiger partial charge in [0.25, 0.3) is 0 Å².